The van der Waals surface area contributed by atoms with E-state index in [0.29, 0.717) is 22.4 Å². The highest BCUT2D eigenvalue weighted by Gasteiger charge is 2.07. The monoisotopic (exact) mass is 489 g/mol. The van der Waals surface area contributed by atoms with Gasteiger partial charge in [-0.15, -0.1) is 0 Å². The predicted octanol–water partition coefficient (Wildman–Crippen LogP) is 5.90. The third kappa shape index (κ3) is 5.76. The van der Waals surface area contributed by atoms with Gasteiger partial charge in [0, 0.05) is 21.1 Å². The van der Waals surface area contributed by atoms with Gasteiger partial charge in [0.15, 0.2) is 5.11 Å². The number of nitrogens with zero attached hydrogens (tertiary/aromatic N) is 1. The first-order valence-corrected chi connectivity index (χ1v) is 10.2. The molecular formula is C21H17BrClN3O2S. The highest BCUT2D eigenvalue weighted by Crippen LogP contribution is 2.27. The second-order valence-corrected chi connectivity index (χ2v) is 7.88. The molecule has 0 saturated heterocycles. The number of amides is 1. The summed E-state index contributed by atoms with van der Waals surface area (Å²) < 4.78 is 6.65. The van der Waals surface area contributed by atoms with E-state index in [-0.39, 0.29) is 11.0 Å². The minimum Gasteiger partial charge on any atom is -0.457 e. The number of anilines is 1. The fourth-order valence-corrected chi connectivity index (χ4v) is 3.02. The summed E-state index contributed by atoms with van der Waals surface area (Å²) in [5, 5.41) is 6.27. The van der Waals surface area contributed by atoms with Gasteiger partial charge in [0.05, 0.1) is 5.69 Å². The van der Waals surface area contributed by atoms with Gasteiger partial charge in [-0.25, -0.2) is 4.98 Å². The van der Waals surface area contributed by atoms with Crippen molar-refractivity contribution in [2.75, 3.05) is 5.32 Å². The van der Waals surface area contributed by atoms with Crippen molar-refractivity contribution >= 4 is 62.7 Å². The number of hydrogen-bond acceptors (Lipinski definition) is 4. The first-order chi connectivity index (χ1) is 13.8. The maximum absolute atomic E-state index is 12.1. The highest BCUT2D eigenvalue weighted by atomic mass is 79.9. The smallest absolute Gasteiger partial charge is 0.250 e. The van der Waals surface area contributed by atoms with Crippen molar-refractivity contribution in [2.45, 2.75) is 13.8 Å². The summed E-state index contributed by atoms with van der Waals surface area (Å²) in [6.07, 6.45) is 2.91. The number of aryl methyl sites for hydroxylation is 2. The van der Waals surface area contributed by atoms with Crippen LogP contribution in [0, 0.1) is 13.8 Å². The Morgan fingerprint density at radius 3 is 2.72 bits per heavy atom. The Labute approximate surface area is 187 Å². The SMILES string of the molecule is Cc1ccc(-c2ccc(/C=C/C(=O)NC(=S)Nc3ccc(Br)c(C)n3)o2)cc1Cl. The van der Waals surface area contributed by atoms with Gasteiger partial charge in [-0.2, -0.15) is 0 Å². The lowest BCUT2D eigenvalue weighted by Crippen LogP contribution is -2.33. The molecule has 2 heterocycles. The number of pyridine rings is 1. The maximum Gasteiger partial charge on any atom is 0.250 e. The summed E-state index contributed by atoms with van der Waals surface area (Å²) in [6, 6.07) is 12.9. The molecule has 0 spiro atoms. The van der Waals surface area contributed by atoms with Gasteiger partial charge in [0.2, 0.25) is 5.91 Å². The van der Waals surface area contributed by atoms with Gasteiger partial charge in [-0.1, -0.05) is 23.7 Å². The number of carbonyl (C=O) groups excluding carboxylic acids is 1. The number of aromatic nitrogens is 1. The topological polar surface area (TPSA) is 67.2 Å². The van der Waals surface area contributed by atoms with Crippen LogP contribution in [0.2, 0.25) is 5.02 Å². The third-order valence-corrected chi connectivity index (χ3v) is 5.43. The summed E-state index contributed by atoms with van der Waals surface area (Å²) in [5.74, 6) is 1.37. The van der Waals surface area contributed by atoms with Crippen molar-refractivity contribution in [3.63, 3.8) is 0 Å². The minimum absolute atomic E-state index is 0.156. The molecule has 0 radical (unpaired) electrons. The zero-order valence-corrected chi connectivity index (χ0v) is 18.8. The lowest BCUT2D eigenvalue weighted by Gasteiger charge is -2.08. The molecule has 5 nitrogen and oxygen atoms in total. The second-order valence-electron chi connectivity index (χ2n) is 6.21. The fraction of sp³-hybridized carbons (Fsp3) is 0.0952. The summed E-state index contributed by atoms with van der Waals surface area (Å²) in [4.78, 5) is 16.4. The van der Waals surface area contributed by atoms with Crippen molar-refractivity contribution in [1.82, 2.24) is 10.3 Å². The Bertz CT molecular complexity index is 1110. The standard InChI is InChI=1S/C21H17BrClN3O2S/c1-12-3-4-14(11-17(12)23)18-8-5-15(28-18)6-10-20(27)26-21(29)25-19-9-7-16(22)13(2)24-19/h3-11H,1-2H3,(H2,24,25,26,27,29)/b10-6+. The van der Waals surface area contributed by atoms with Crippen LogP contribution in [0.15, 0.2) is 57.4 Å². The van der Waals surface area contributed by atoms with Crippen molar-refractivity contribution < 1.29 is 9.21 Å². The first kappa shape index (κ1) is 21.2. The average molecular weight is 491 g/mol. The molecule has 2 aromatic heterocycles. The van der Waals surface area contributed by atoms with Gasteiger partial charge >= 0.3 is 0 Å². The van der Waals surface area contributed by atoms with E-state index in [9.17, 15) is 4.79 Å². The van der Waals surface area contributed by atoms with E-state index in [1.165, 1.54) is 6.08 Å². The zero-order valence-electron chi connectivity index (χ0n) is 15.6. The number of rotatable bonds is 4. The zero-order chi connectivity index (χ0) is 21.0. The van der Waals surface area contributed by atoms with Crippen LogP contribution in [-0.4, -0.2) is 16.0 Å². The van der Waals surface area contributed by atoms with Crippen LogP contribution in [0.5, 0.6) is 0 Å². The van der Waals surface area contributed by atoms with Crippen molar-refractivity contribution in [3.05, 3.63) is 75.1 Å². The molecule has 3 rings (SSSR count). The van der Waals surface area contributed by atoms with Crippen LogP contribution < -0.4 is 10.6 Å². The van der Waals surface area contributed by atoms with Crippen LogP contribution in [0.25, 0.3) is 17.4 Å². The molecule has 0 bridgehead atoms. The van der Waals surface area contributed by atoms with E-state index < -0.39 is 0 Å². The molecule has 148 valence electrons. The Kier molecular flexibility index (Phi) is 6.84. The average Bonchev–Trinajstić information content (AvgIpc) is 3.14. The van der Waals surface area contributed by atoms with Crippen LogP contribution in [-0.2, 0) is 4.79 Å². The summed E-state index contributed by atoms with van der Waals surface area (Å²) in [6.45, 7) is 3.80. The van der Waals surface area contributed by atoms with Crippen molar-refractivity contribution in [2.24, 2.45) is 0 Å². The van der Waals surface area contributed by atoms with E-state index in [0.717, 1.165) is 21.3 Å². The van der Waals surface area contributed by atoms with Crippen molar-refractivity contribution in [1.29, 1.82) is 0 Å². The van der Waals surface area contributed by atoms with Crippen LogP contribution in [0.3, 0.4) is 0 Å². The Balaban J connectivity index is 1.59. The molecule has 0 fully saturated rings. The number of nitrogens with one attached hydrogen (secondary N) is 2. The molecule has 0 saturated carbocycles. The van der Waals surface area contributed by atoms with Crippen LogP contribution in [0.1, 0.15) is 17.0 Å². The number of halogens is 2. The number of benzene rings is 1. The van der Waals surface area contributed by atoms with Crippen LogP contribution in [0.4, 0.5) is 5.82 Å². The summed E-state index contributed by atoms with van der Waals surface area (Å²) >= 11 is 14.7. The van der Waals surface area contributed by atoms with E-state index >= 15 is 0 Å². The van der Waals surface area contributed by atoms with E-state index in [1.807, 2.05) is 44.2 Å². The summed E-state index contributed by atoms with van der Waals surface area (Å²) in [5.41, 5.74) is 2.68. The second kappa shape index (κ2) is 9.35. The van der Waals surface area contributed by atoms with Gasteiger partial charge in [-0.05, 0) is 84.0 Å². The lowest BCUT2D eigenvalue weighted by atomic mass is 10.1. The van der Waals surface area contributed by atoms with E-state index in [1.54, 1.807) is 18.2 Å². The van der Waals surface area contributed by atoms with E-state index in [4.69, 9.17) is 28.2 Å². The Morgan fingerprint density at radius 2 is 2.00 bits per heavy atom. The molecule has 8 heteroatoms. The Morgan fingerprint density at radius 1 is 1.21 bits per heavy atom. The quantitative estimate of drug-likeness (QED) is 0.352. The number of furan rings is 1. The maximum atomic E-state index is 12.1. The molecule has 0 aliphatic rings. The van der Waals surface area contributed by atoms with Gasteiger partial charge in [-0.3, -0.25) is 10.1 Å². The normalized spacial score (nSPS) is 10.9. The summed E-state index contributed by atoms with van der Waals surface area (Å²) in [7, 11) is 0. The highest BCUT2D eigenvalue weighted by molar-refractivity contribution is 9.10. The van der Waals surface area contributed by atoms with E-state index in [2.05, 4.69) is 31.5 Å². The van der Waals surface area contributed by atoms with Crippen LogP contribution >= 0.6 is 39.7 Å². The van der Waals surface area contributed by atoms with Crippen molar-refractivity contribution in [3.8, 4) is 11.3 Å². The largest absolute Gasteiger partial charge is 0.457 e. The lowest BCUT2D eigenvalue weighted by molar-refractivity contribution is -0.115. The molecule has 0 aliphatic carbocycles. The molecule has 3 aromatic rings. The molecule has 2 N–H and O–H groups in total. The molecule has 0 aliphatic heterocycles. The molecular weight excluding hydrogens is 474 g/mol. The molecule has 0 unspecified atom stereocenters. The number of carbonyl (C=O) groups is 1. The fourth-order valence-electron chi connectivity index (χ4n) is 2.42. The molecule has 29 heavy (non-hydrogen) atoms. The molecule has 0 atom stereocenters. The third-order valence-electron chi connectivity index (χ3n) is 3.98. The first-order valence-electron chi connectivity index (χ1n) is 8.61. The van der Waals surface area contributed by atoms with Gasteiger partial charge < -0.3 is 9.73 Å². The Hall–Kier alpha value is -2.48. The predicted molar refractivity (Wildman–Crippen MR) is 124 cm³/mol. The molecule has 1 amide bonds. The minimum atomic E-state index is -0.382. The molecule has 1 aromatic carbocycles. The van der Waals surface area contributed by atoms with Gasteiger partial charge in [0.1, 0.15) is 17.3 Å². The number of thiocarbonyl (C=S) groups is 1. The van der Waals surface area contributed by atoms with Gasteiger partial charge in [0.25, 0.3) is 0 Å². The number of hydrogen-bond donors (Lipinski definition) is 2.